The lowest BCUT2D eigenvalue weighted by atomic mass is 10.2. The summed E-state index contributed by atoms with van der Waals surface area (Å²) in [6, 6.07) is 14.2. The number of hydrogen-bond donors (Lipinski definition) is 0. The number of rotatable bonds is 4. The zero-order chi connectivity index (χ0) is 17.2. The van der Waals surface area contributed by atoms with E-state index in [1.54, 1.807) is 7.11 Å². The van der Waals surface area contributed by atoms with Crippen LogP contribution >= 0.6 is 12.2 Å². The Kier molecular flexibility index (Phi) is 4.42. The maximum Gasteiger partial charge on any atom is 0.203 e. The first-order valence-corrected chi connectivity index (χ1v) is 8.81. The molecule has 0 radical (unpaired) electrons. The Labute approximate surface area is 151 Å². The first-order valence-electron chi connectivity index (χ1n) is 8.40. The molecular weight excluding hydrogens is 334 g/mol. The highest BCUT2D eigenvalue weighted by Gasteiger charge is 2.18. The Morgan fingerprint density at radius 3 is 2.48 bits per heavy atom. The minimum atomic E-state index is 0.733. The number of ether oxygens (including phenoxy) is 1. The predicted octanol–water partition coefficient (Wildman–Crippen LogP) is 2.65. The summed E-state index contributed by atoms with van der Waals surface area (Å²) in [6.07, 6.45) is 1.96. The molecule has 1 aliphatic rings. The molecule has 1 aliphatic heterocycles. The number of aromatic nitrogens is 3. The van der Waals surface area contributed by atoms with Crippen LogP contribution in [-0.2, 0) is 6.67 Å². The highest BCUT2D eigenvalue weighted by Crippen LogP contribution is 2.20. The van der Waals surface area contributed by atoms with Crippen LogP contribution < -0.4 is 9.64 Å². The van der Waals surface area contributed by atoms with Crippen molar-refractivity contribution >= 4 is 23.6 Å². The van der Waals surface area contributed by atoms with Crippen LogP contribution in [0, 0.1) is 4.77 Å². The summed E-state index contributed by atoms with van der Waals surface area (Å²) in [5.41, 5.74) is 2.13. The van der Waals surface area contributed by atoms with Gasteiger partial charge in [-0.1, -0.05) is 6.07 Å². The number of benzene rings is 1. The lowest BCUT2D eigenvalue weighted by molar-refractivity contribution is 0.195. The van der Waals surface area contributed by atoms with Crippen molar-refractivity contribution in [2.24, 2.45) is 0 Å². The van der Waals surface area contributed by atoms with Crippen LogP contribution in [0.15, 0.2) is 48.7 Å². The number of methoxy groups -OCH3 is 1. The first kappa shape index (κ1) is 16.1. The third-order valence-corrected chi connectivity index (χ3v) is 5.04. The van der Waals surface area contributed by atoms with Gasteiger partial charge in [-0.3, -0.25) is 9.30 Å². The summed E-state index contributed by atoms with van der Waals surface area (Å²) in [6.45, 7) is 4.69. The predicted molar refractivity (Wildman–Crippen MR) is 101 cm³/mol. The summed E-state index contributed by atoms with van der Waals surface area (Å²) in [4.78, 5) is 4.79. The second-order valence-corrected chi connectivity index (χ2v) is 6.52. The molecule has 1 fully saturated rings. The number of fused-ring (bicyclic) bond motifs is 1. The van der Waals surface area contributed by atoms with Gasteiger partial charge in [-0.05, 0) is 48.6 Å². The van der Waals surface area contributed by atoms with E-state index >= 15 is 0 Å². The van der Waals surface area contributed by atoms with Gasteiger partial charge in [-0.25, -0.2) is 4.68 Å². The van der Waals surface area contributed by atoms with Crippen molar-refractivity contribution in [2.45, 2.75) is 6.67 Å². The highest BCUT2D eigenvalue weighted by molar-refractivity contribution is 7.71. The zero-order valence-corrected chi connectivity index (χ0v) is 15.0. The molecule has 6 nitrogen and oxygen atoms in total. The Hall–Kier alpha value is -2.38. The number of pyridine rings is 1. The zero-order valence-electron chi connectivity index (χ0n) is 14.2. The fourth-order valence-corrected chi connectivity index (χ4v) is 3.44. The third kappa shape index (κ3) is 3.25. The van der Waals surface area contributed by atoms with E-state index in [9.17, 15) is 0 Å². The van der Waals surface area contributed by atoms with Gasteiger partial charge in [-0.15, -0.1) is 0 Å². The second kappa shape index (κ2) is 6.85. The Morgan fingerprint density at radius 1 is 1.04 bits per heavy atom. The van der Waals surface area contributed by atoms with E-state index in [4.69, 9.17) is 17.0 Å². The smallest absolute Gasteiger partial charge is 0.203 e. The summed E-state index contributed by atoms with van der Waals surface area (Å²) in [5, 5.41) is 4.61. The minimum Gasteiger partial charge on any atom is -0.497 e. The van der Waals surface area contributed by atoms with Crippen molar-refractivity contribution in [3.8, 4) is 5.75 Å². The molecule has 0 aliphatic carbocycles. The van der Waals surface area contributed by atoms with Gasteiger partial charge in [0.15, 0.2) is 5.65 Å². The quantitative estimate of drug-likeness (QED) is 0.673. The maximum absolute atomic E-state index is 5.53. The van der Waals surface area contributed by atoms with E-state index in [0.717, 1.165) is 49.0 Å². The van der Waals surface area contributed by atoms with Crippen LogP contribution in [0.5, 0.6) is 5.75 Å². The molecular formula is C18H21N5OS. The van der Waals surface area contributed by atoms with Gasteiger partial charge < -0.3 is 9.64 Å². The topological polar surface area (TPSA) is 37.9 Å². The van der Waals surface area contributed by atoms with Crippen molar-refractivity contribution in [2.75, 3.05) is 38.2 Å². The number of hydrogen-bond acceptors (Lipinski definition) is 5. The SMILES string of the molecule is COc1ccc(N2CCN(Cn3nc4ccccn4c3=S)CC2)cc1. The molecule has 3 heterocycles. The van der Waals surface area contributed by atoms with Crippen molar-refractivity contribution in [1.29, 1.82) is 0 Å². The van der Waals surface area contributed by atoms with Gasteiger partial charge in [0, 0.05) is 38.1 Å². The molecule has 0 bridgehead atoms. The van der Waals surface area contributed by atoms with Gasteiger partial charge >= 0.3 is 0 Å². The number of piperazine rings is 1. The second-order valence-electron chi connectivity index (χ2n) is 6.16. The molecule has 1 aromatic carbocycles. The number of nitrogens with zero attached hydrogens (tertiary/aromatic N) is 5. The fraction of sp³-hybridized carbons (Fsp3) is 0.333. The molecule has 0 N–H and O–H groups in total. The Bertz CT molecular complexity index is 909. The van der Waals surface area contributed by atoms with E-state index in [-0.39, 0.29) is 0 Å². The molecule has 0 amide bonds. The standard InChI is InChI=1S/C18H21N5OS/c1-24-16-7-5-15(6-8-16)21-12-10-20(11-13-21)14-23-18(25)22-9-3-2-4-17(22)19-23/h2-9H,10-14H2,1H3. The van der Waals surface area contributed by atoms with Gasteiger partial charge in [-0.2, -0.15) is 5.10 Å². The molecule has 7 heteroatoms. The summed E-state index contributed by atoms with van der Waals surface area (Å²) < 4.78 is 9.83. The summed E-state index contributed by atoms with van der Waals surface area (Å²) in [7, 11) is 1.69. The summed E-state index contributed by atoms with van der Waals surface area (Å²) >= 11 is 5.53. The Morgan fingerprint density at radius 2 is 1.80 bits per heavy atom. The van der Waals surface area contributed by atoms with Gasteiger partial charge in [0.05, 0.1) is 13.8 Å². The molecule has 4 rings (SSSR count). The normalized spacial score (nSPS) is 15.6. The molecule has 130 valence electrons. The van der Waals surface area contributed by atoms with E-state index in [1.807, 2.05) is 45.6 Å². The molecule has 1 saturated heterocycles. The van der Waals surface area contributed by atoms with Crippen molar-refractivity contribution < 1.29 is 4.74 Å². The first-order chi connectivity index (χ1) is 12.2. The molecule has 2 aromatic heterocycles. The van der Waals surface area contributed by atoms with Crippen LogP contribution in [0.4, 0.5) is 5.69 Å². The van der Waals surface area contributed by atoms with Crippen LogP contribution in [0.1, 0.15) is 0 Å². The van der Waals surface area contributed by atoms with E-state index in [1.165, 1.54) is 5.69 Å². The Balaban J connectivity index is 1.41. The average Bonchev–Trinajstić information content (AvgIpc) is 2.98. The molecule has 0 saturated carbocycles. The third-order valence-electron chi connectivity index (χ3n) is 4.63. The summed E-state index contributed by atoms with van der Waals surface area (Å²) in [5.74, 6) is 0.892. The van der Waals surface area contributed by atoms with E-state index < -0.39 is 0 Å². The van der Waals surface area contributed by atoms with E-state index in [2.05, 4.69) is 27.0 Å². The largest absolute Gasteiger partial charge is 0.497 e. The molecule has 0 unspecified atom stereocenters. The average molecular weight is 355 g/mol. The highest BCUT2D eigenvalue weighted by atomic mass is 32.1. The van der Waals surface area contributed by atoms with Crippen molar-refractivity contribution in [1.82, 2.24) is 19.1 Å². The van der Waals surface area contributed by atoms with Crippen LogP contribution in [0.25, 0.3) is 5.65 Å². The van der Waals surface area contributed by atoms with Crippen LogP contribution in [-0.4, -0.2) is 52.4 Å². The lowest BCUT2D eigenvalue weighted by Crippen LogP contribution is -2.46. The van der Waals surface area contributed by atoms with Gasteiger partial charge in [0.25, 0.3) is 0 Å². The van der Waals surface area contributed by atoms with Crippen molar-refractivity contribution in [3.05, 3.63) is 53.4 Å². The fourth-order valence-electron chi connectivity index (χ4n) is 3.19. The van der Waals surface area contributed by atoms with Gasteiger partial charge in [0.2, 0.25) is 4.77 Å². The minimum absolute atomic E-state index is 0.733. The van der Waals surface area contributed by atoms with Crippen LogP contribution in [0.2, 0.25) is 0 Å². The molecule has 25 heavy (non-hydrogen) atoms. The number of anilines is 1. The molecule has 0 atom stereocenters. The lowest BCUT2D eigenvalue weighted by Gasteiger charge is -2.35. The van der Waals surface area contributed by atoms with E-state index in [0.29, 0.717) is 0 Å². The maximum atomic E-state index is 5.53. The monoisotopic (exact) mass is 355 g/mol. The van der Waals surface area contributed by atoms with Crippen molar-refractivity contribution in [3.63, 3.8) is 0 Å². The molecule has 0 spiro atoms. The van der Waals surface area contributed by atoms with Gasteiger partial charge in [0.1, 0.15) is 5.75 Å². The molecule has 3 aromatic rings. The van der Waals surface area contributed by atoms with Crippen LogP contribution in [0.3, 0.4) is 0 Å².